The zero-order chi connectivity index (χ0) is 24.5. The van der Waals surface area contributed by atoms with Gasteiger partial charge in [0.25, 0.3) is 5.91 Å². The molecule has 2 aliphatic heterocycles. The number of hydrogen-bond donors (Lipinski definition) is 2. The minimum Gasteiger partial charge on any atom is -0.325 e. The Morgan fingerprint density at radius 1 is 1.15 bits per heavy atom. The number of halogens is 4. The second kappa shape index (κ2) is 9.27. The van der Waals surface area contributed by atoms with Crippen LogP contribution in [0.15, 0.2) is 48.5 Å². The van der Waals surface area contributed by atoms with Gasteiger partial charge in [-0.1, -0.05) is 41.9 Å². The number of urea groups is 1. The van der Waals surface area contributed by atoms with Crippen molar-refractivity contribution in [3.05, 3.63) is 64.7 Å². The smallest absolute Gasteiger partial charge is 0.325 e. The van der Waals surface area contributed by atoms with Gasteiger partial charge in [-0.3, -0.25) is 19.4 Å². The Morgan fingerprint density at radius 2 is 1.88 bits per heavy atom. The summed E-state index contributed by atoms with van der Waals surface area (Å²) in [5, 5.41) is 4.54. The lowest BCUT2D eigenvalue weighted by molar-refractivity contribution is -0.137. The molecule has 0 radical (unpaired) electrons. The molecule has 2 N–H and O–H groups in total. The summed E-state index contributed by atoms with van der Waals surface area (Å²) in [5.74, 6) is -1.31. The number of hydrogen-bond acceptors (Lipinski definition) is 4. The molecule has 2 aromatic rings. The van der Waals surface area contributed by atoms with Crippen LogP contribution in [0.3, 0.4) is 0 Å². The first-order chi connectivity index (χ1) is 16.1. The third kappa shape index (κ3) is 5.02. The SMILES string of the molecule is O=C(CN1C(=O)NC2(CCCN(Cc3ccccc3)C2)C1=O)Nc1ccc(Cl)c(C(F)(F)F)c1. The zero-order valence-electron chi connectivity index (χ0n) is 18.0. The fourth-order valence-electron chi connectivity index (χ4n) is 4.38. The van der Waals surface area contributed by atoms with Crippen molar-refractivity contribution in [2.24, 2.45) is 0 Å². The first-order valence-electron chi connectivity index (χ1n) is 10.6. The Balaban J connectivity index is 1.42. The molecule has 7 nitrogen and oxygen atoms in total. The highest BCUT2D eigenvalue weighted by Crippen LogP contribution is 2.36. The van der Waals surface area contributed by atoms with Crippen LogP contribution in [0.5, 0.6) is 0 Å². The van der Waals surface area contributed by atoms with E-state index in [-0.39, 0.29) is 5.69 Å². The monoisotopic (exact) mass is 494 g/mol. The van der Waals surface area contributed by atoms with E-state index in [1.54, 1.807) is 0 Å². The van der Waals surface area contributed by atoms with E-state index >= 15 is 0 Å². The van der Waals surface area contributed by atoms with Crippen LogP contribution in [0.2, 0.25) is 5.02 Å². The van der Waals surface area contributed by atoms with E-state index in [0.29, 0.717) is 32.0 Å². The fraction of sp³-hybridized carbons (Fsp3) is 0.348. The van der Waals surface area contributed by atoms with E-state index in [0.717, 1.165) is 23.1 Å². The quantitative estimate of drug-likeness (QED) is 0.618. The maximum absolute atomic E-state index is 13.2. The highest BCUT2D eigenvalue weighted by Gasteiger charge is 2.53. The van der Waals surface area contributed by atoms with Crippen molar-refractivity contribution in [3.63, 3.8) is 0 Å². The molecule has 2 fully saturated rings. The van der Waals surface area contributed by atoms with E-state index in [9.17, 15) is 27.6 Å². The summed E-state index contributed by atoms with van der Waals surface area (Å²) in [6, 6.07) is 12.0. The first kappa shape index (κ1) is 24.0. The molecule has 180 valence electrons. The largest absolute Gasteiger partial charge is 0.417 e. The molecule has 4 rings (SSSR count). The van der Waals surface area contributed by atoms with Crippen LogP contribution < -0.4 is 10.6 Å². The summed E-state index contributed by atoms with van der Waals surface area (Å²) >= 11 is 5.60. The second-order valence-corrected chi connectivity index (χ2v) is 8.85. The summed E-state index contributed by atoms with van der Waals surface area (Å²) < 4.78 is 39.2. The molecule has 2 heterocycles. The molecule has 0 aliphatic carbocycles. The van der Waals surface area contributed by atoms with Crippen molar-refractivity contribution in [1.82, 2.24) is 15.1 Å². The zero-order valence-corrected chi connectivity index (χ0v) is 18.7. The average Bonchev–Trinajstić information content (AvgIpc) is 2.99. The standard InChI is InChI=1S/C23H22ClF3N4O3/c24-18-8-7-16(11-17(18)23(25,26)27)28-19(32)13-31-20(33)22(29-21(31)34)9-4-10-30(14-22)12-15-5-2-1-3-6-15/h1-3,5-8,11H,4,9-10,12-14H2,(H,28,32)(H,29,34). The van der Waals surface area contributed by atoms with Gasteiger partial charge in [0.05, 0.1) is 10.6 Å². The lowest BCUT2D eigenvalue weighted by Crippen LogP contribution is -2.58. The van der Waals surface area contributed by atoms with Gasteiger partial charge in [-0.25, -0.2) is 4.79 Å². The van der Waals surface area contributed by atoms with Crippen molar-refractivity contribution in [2.45, 2.75) is 31.1 Å². The number of nitrogens with zero attached hydrogens (tertiary/aromatic N) is 2. The van der Waals surface area contributed by atoms with Crippen LogP contribution in [0.25, 0.3) is 0 Å². The van der Waals surface area contributed by atoms with Crippen LogP contribution in [-0.2, 0) is 22.3 Å². The van der Waals surface area contributed by atoms with E-state index in [2.05, 4.69) is 15.5 Å². The van der Waals surface area contributed by atoms with Crippen molar-refractivity contribution in [1.29, 1.82) is 0 Å². The summed E-state index contributed by atoms with van der Waals surface area (Å²) in [6.07, 6.45) is -3.57. The number of nitrogens with one attached hydrogen (secondary N) is 2. The maximum atomic E-state index is 13.2. The molecule has 2 aliphatic rings. The van der Waals surface area contributed by atoms with Crippen molar-refractivity contribution in [2.75, 3.05) is 25.0 Å². The van der Waals surface area contributed by atoms with E-state index in [1.807, 2.05) is 30.3 Å². The molecule has 34 heavy (non-hydrogen) atoms. The van der Waals surface area contributed by atoms with Gasteiger partial charge in [0.1, 0.15) is 12.1 Å². The van der Waals surface area contributed by atoms with Crippen LogP contribution in [-0.4, -0.2) is 52.8 Å². The van der Waals surface area contributed by atoms with Crippen molar-refractivity contribution >= 4 is 35.1 Å². The highest BCUT2D eigenvalue weighted by molar-refractivity contribution is 6.31. The van der Waals surface area contributed by atoms with Gasteiger partial charge < -0.3 is 10.6 Å². The number of carbonyl (C=O) groups is 3. The number of imide groups is 1. The predicted molar refractivity (Wildman–Crippen MR) is 119 cm³/mol. The number of likely N-dealkylation sites (tertiary alicyclic amines) is 1. The molecule has 0 aromatic heterocycles. The summed E-state index contributed by atoms with van der Waals surface area (Å²) in [5.41, 5.74) is -1.29. The van der Waals surface area contributed by atoms with E-state index < -0.39 is 46.7 Å². The number of carbonyl (C=O) groups excluding carboxylic acids is 3. The van der Waals surface area contributed by atoms with Gasteiger partial charge in [0.2, 0.25) is 5.91 Å². The molecule has 4 amide bonds. The van der Waals surface area contributed by atoms with Crippen LogP contribution in [0.4, 0.5) is 23.7 Å². The number of anilines is 1. The Morgan fingerprint density at radius 3 is 2.59 bits per heavy atom. The molecular formula is C23H22ClF3N4O3. The number of benzene rings is 2. The number of alkyl halides is 3. The number of piperidine rings is 1. The minimum absolute atomic E-state index is 0.143. The Kier molecular flexibility index (Phi) is 6.55. The van der Waals surface area contributed by atoms with Crippen LogP contribution in [0.1, 0.15) is 24.0 Å². The van der Waals surface area contributed by atoms with Crippen molar-refractivity contribution in [3.8, 4) is 0 Å². The van der Waals surface area contributed by atoms with Crippen molar-refractivity contribution < 1.29 is 27.6 Å². The van der Waals surface area contributed by atoms with Gasteiger partial charge in [-0.2, -0.15) is 13.2 Å². The molecule has 1 spiro atoms. The lowest BCUT2D eigenvalue weighted by Gasteiger charge is -2.38. The molecular weight excluding hydrogens is 473 g/mol. The number of amides is 4. The molecule has 11 heteroatoms. The summed E-state index contributed by atoms with van der Waals surface area (Å²) in [4.78, 5) is 41.1. The van der Waals surface area contributed by atoms with Gasteiger partial charge in [-0.15, -0.1) is 0 Å². The molecule has 1 atom stereocenters. The third-order valence-electron chi connectivity index (χ3n) is 5.92. The maximum Gasteiger partial charge on any atom is 0.417 e. The lowest BCUT2D eigenvalue weighted by atomic mass is 9.88. The molecule has 2 saturated heterocycles. The second-order valence-electron chi connectivity index (χ2n) is 8.44. The Labute approximate surface area is 198 Å². The van der Waals surface area contributed by atoms with Gasteiger partial charge in [0, 0.05) is 18.8 Å². The average molecular weight is 495 g/mol. The van der Waals surface area contributed by atoms with E-state index in [1.165, 1.54) is 6.07 Å². The molecule has 0 saturated carbocycles. The summed E-state index contributed by atoms with van der Waals surface area (Å²) in [6.45, 7) is 1.06. The minimum atomic E-state index is -4.69. The normalized spacial score (nSPS) is 21.1. The van der Waals surface area contributed by atoms with Crippen LogP contribution >= 0.6 is 11.6 Å². The third-order valence-corrected chi connectivity index (χ3v) is 6.25. The van der Waals surface area contributed by atoms with E-state index in [4.69, 9.17) is 11.6 Å². The predicted octanol–water partition coefficient (Wildman–Crippen LogP) is 3.88. The molecule has 1 unspecified atom stereocenters. The van der Waals surface area contributed by atoms with Gasteiger partial charge >= 0.3 is 12.2 Å². The molecule has 2 aromatic carbocycles. The fourth-order valence-corrected chi connectivity index (χ4v) is 4.61. The van der Waals surface area contributed by atoms with Gasteiger partial charge in [-0.05, 0) is 43.1 Å². The first-order valence-corrected chi connectivity index (χ1v) is 11.0. The highest BCUT2D eigenvalue weighted by atomic mass is 35.5. The molecule has 0 bridgehead atoms. The summed E-state index contributed by atoms with van der Waals surface area (Å²) in [7, 11) is 0. The topological polar surface area (TPSA) is 81.8 Å². The number of rotatable bonds is 5. The Hall–Kier alpha value is -3.11. The van der Waals surface area contributed by atoms with Gasteiger partial charge in [0.15, 0.2) is 0 Å². The van der Waals surface area contributed by atoms with Crippen LogP contribution in [0, 0.1) is 0 Å². The Bertz CT molecular complexity index is 1110.